The standard InChI is InChI=1S/C12H19N5O5/c1-5(19)12(13)9-10(14-3-16-12)17(4-15-9)11-8(21)7(20)6(2-18)22-11/h3-8,11,18-21H,2,13H2,1H3,(H,14,16)/t5?,6-,7-,8-,11-,12?/m1/s1. The van der Waals surface area contributed by atoms with E-state index in [1.165, 1.54) is 24.2 Å². The van der Waals surface area contributed by atoms with Crippen LogP contribution >= 0.6 is 0 Å². The van der Waals surface area contributed by atoms with Crippen molar-refractivity contribution < 1.29 is 25.2 Å². The van der Waals surface area contributed by atoms with Crippen molar-refractivity contribution in [3.8, 4) is 0 Å². The molecule has 7 N–H and O–H groups in total. The van der Waals surface area contributed by atoms with E-state index in [4.69, 9.17) is 15.6 Å². The van der Waals surface area contributed by atoms with Crippen molar-refractivity contribution in [3.63, 3.8) is 0 Å². The van der Waals surface area contributed by atoms with Gasteiger partial charge >= 0.3 is 0 Å². The topological polar surface area (TPSA) is 158 Å². The van der Waals surface area contributed by atoms with Gasteiger partial charge in [-0.25, -0.2) is 9.98 Å². The SMILES string of the molecule is CC(O)C1(N)N=CNc2c1ncn2[C@@H]1O[C@H](CO)[C@@H](O)[C@H]1O. The fourth-order valence-corrected chi connectivity index (χ4v) is 2.67. The third kappa shape index (κ3) is 2.04. The number of aliphatic hydroxyl groups excluding tert-OH is 4. The third-order valence-corrected chi connectivity index (χ3v) is 4.08. The van der Waals surface area contributed by atoms with Gasteiger partial charge in [0.15, 0.2) is 11.9 Å². The highest BCUT2D eigenvalue weighted by Gasteiger charge is 2.46. The second-order valence-electron chi connectivity index (χ2n) is 5.48. The van der Waals surface area contributed by atoms with Gasteiger partial charge in [-0.1, -0.05) is 0 Å². The first-order chi connectivity index (χ1) is 10.4. The minimum Gasteiger partial charge on any atom is -0.394 e. The number of aliphatic hydroxyl groups is 4. The predicted molar refractivity (Wildman–Crippen MR) is 74.9 cm³/mol. The third-order valence-electron chi connectivity index (χ3n) is 4.08. The van der Waals surface area contributed by atoms with Crippen LogP contribution in [0.3, 0.4) is 0 Å². The Labute approximate surface area is 125 Å². The second kappa shape index (κ2) is 5.26. The first-order valence-electron chi connectivity index (χ1n) is 6.87. The summed E-state index contributed by atoms with van der Waals surface area (Å²) in [7, 11) is 0. The van der Waals surface area contributed by atoms with Crippen LogP contribution in [0.1, 0.15) is 18.8 Å². The molecule has 2 aliphatic heterocycles. The molecule has 0 spiro atoms. The minimum absolute atomic E-state index is 0.294. The molecule has 0 aromatic carbocycles. The number of ether oxygens (including phenoxy) is 1. The van der Waals surface area contributed by atoms with E-state index >= 15 is 0 Å². The van der Waals surface area contributed by atoms with Crippen molar-refractivity contribution in [2.45, 2.75) is 43.2 Å². The quantitative estimate of drug-likeness (QED) is 0.355. The first-order valence-corrected chi connectivity index (χ1v) is 6.87. The van der Waals surface area contributed by atoms with Crippen molar-refractivity contribution in [2.75, 3.05) is 11.9 Å². The van der Waals surface area contributed by atoms with Crippen LogP contribution in [0.2, 0.25) is 0 Å². The molecular formula is C12H19N5O5. The van der Waals surface area contributed by atoms with Crippen molar-refractivity contribution >= 4 is 12.2 Å². The van der Waals surface area contributed by atoms with Gasteiger partial charge in [0.1, 0.15) is 29.8 Å². The van der Waals surface area contributed by atoms with Gasteiger partial charge in [0, 0.05) is 0 Å². The van der Waals surface area contributed by atoms with Crippen LogP contribution in [0.5, 0.6) is 0 Å². The predicted octanol–water partition coefficient (Wildman–Crippen LogP) is -2.56. The highest BCUT2D eigenvalue weighted by molar-refractivity contribution is 5.79. The molecule has 0 saturated carbocycles. The first kappa shape index (κ1) is 15.3. The molecule has 1 saturated heterocycles. The number of anilines is 1. The Morgan fingerprint density at radius 3 is 2.82 bits per heavy atom. The van der Waals surface area contributed by atoms with Gasteiger partial charge in [0.25, 0.3) is 0 Å². The van der Waals surface area contributed by atoms with E-state index in [9.17, 15) is 15.3 Å². The van der Waals surface area contributed by atoms with E-state index in [0.29, 0.717) is 11.5 Å². The van der Waals surface area contributed by atoms with Crippen molar-refractivity contribution in [1.82, 2.24) is 9.55 Å². The highest BCUT2D eigenvalue weighted by Crippen LogP contribution is 2.37. The normalized spacial score (nSPS) is 38.6. The second-order valence-corrected chi connectivity index (χ2v) is 5.48. The molecule has 0 amide bonds. The summed E-state index contributed by atoms with van der Waals surface area (Å²) in [5.41, 5.74) is 4.97. The van der Waals surface area contributed by atoms with Crippen molar-refractivity contribution in [3.05, 3.63) is 12.0 Å². The molecule has 10 heteroatoms. The number of nitrogens with two attached hydrogens (primary N) is 1. The molecule has 0 bridgehead atoms. The molecule has 2 aliphatic rings. The Morgan fingerprint density at radius 2 is 2.23 bits per heavy atom. The smallest absolute Gasteiger partial charge is 0.181 e. The summed E-state index contributed by atoms with van der Waals surface area (Å²) in [4.78, 5) is 8.18. The van der Waals surface area contributed by atoms with Crippen molar-refractivity contribution in [1.29, 1.82) is 0 Å². The summed E-state index contributed by atoms with van der Waals surface area (Å²) in [6.07, 6.45) is -2.58. The Hall–Kier alpha value is -1.56. The van der Waals surface area contributed by atoms with Crippen LogP contribution in [-0.4, -0.2) is 67.3 Å². The van der Waals surface area contributed by atoms with E-state index < -0.39 is 42.9 Å². The molecule has 1 aromatic heterocycles. The maximum absolute atomic E-state index is 10.1. The summed E-state index contributed by atoms with van der Waals surface area (Å²) in [5.74, 6) is 0.397. The zero-order chi connectivity index (χ0) is 16.1. The summed E-state index contributed by atoms with van der Waals surface area (Å²) in [6.45, 7) is 1.08. The van der Waals surface area contributed by atoms with Gasteiger partial charge in [-0.05, 0) is 6.92 Å². The fourth-order valence-electron chi connectivity index (χ4n) is 2.67. The minimum atomic E-state index is -1.41. The van der Waals surface area contributed by atoms with E-state index in [-0.39, 0.29) is 0 Å². The number of aromatic nitrogens is 2. The lowest BCUT2D eigenvalue weighted by Crippen LogP contribution is -2.47. The van der Waals surface area contributed by atoms with E-state index in [1.54, 1.807) is 0 Å². The van der Waals surface area contributed by atoms with Gasteiger partial charge in [-0.2, -0.15) is 0 Å². The molecule has 1 fully saturated rings. The number of nitrogens with one attached hydrogen (secondary N) is 1. The summed E-state index contributed by atoms with van der Waals surface area (Å²) in [5, 5.41) is 41.8. The number of aliphatic imine (C=N–C) groups is 1. The van der Waals surface area contributed by atoms with Crippen molar-refractivity contribution in [2.24, 2.45) is 10.7 Å². The zero-order valence-electron chi connectivity index (χ0n) is 11.9. The Balaban J connectivity index is 1.98. The fraction of sp³-hybridized carbons (Fsp3) is 0.667. The van der Waals surface area contributed by atoms with Crippen LogP contribution in [0, 0.1) is 0 Å². The summed E-state index contributed by atoms with van der Waals surface area (Å²) in [6, 6.07) is 0. The zero-order valence-corrected chi connectivity index (χ0v) is 11.9. The van der Waals surface area contributed by atoms with Crippen LogP contribution in [0.25, 0.3) is 0 Å². The number of imidazole rings is 1. The lowest BCUT2D eigenvalue weighted by Gasteiger charge is -2.31. The number of rotatable bonds is 3. The van der Waals surface area contributed by atoms with Gasteiger partial charge in [0.05, 0.1) is 25.4 Å². The molecule has 122 valence electrons. The molecule has 0 radical (unpaired) electrons. The van der Waals surface area contributed by atoms with Gasteiger partial charge < -0.3 is 30.5 Å². The Bertz CT molecular complexity index is 590. The molecule has 6 atom stereocenters. The number of hydrogen-bond acceptors (Lipinski definition) is 9. The molecule has 3 heterocycles. The lowest BCUT2D eigenvalue weighted by molar-refractivity contribution is -0.0518. The Kier molecular flexibility index (Phi) is 3.67. The maximum atomic E-state index is 10.1. The average molecular weight is 313 g/mol. The van der Waals surface area contributed by atoms with Gasteiger partial charge in [-0.15, -0.1) is 0 Å². The highest BCUT2D eigenvalue weighted by atomic mass is 16.6. The molecule has 2 unspecified atom stereocenters. The molecule has 1 aromatic rings. The van der Waals surface area contributed by atoms with Gasteiger partial charge in [0.2, 0.25) is 0 Å². The maximum Gasteiger partial charge on any atom is 0.181 e. The molecular weight excluding hydrogens is 294 g/mol. The molecule has 10 nitrogen and oxygen atoms in total. The molecule has 0 aliphatic carbocycles. The molecule has 3 rings (SSSR count). The van der Waals surface area contributed by atoms with Crippen LogP contribution < -0.4 is 11.1 Å². The number of fused-ring (bicyclic) bond motifs is 1. The van der Waals surface area contributed by atoms with E-state index in [2.05, 4.69) is 15.3 Å². The number of nitrogens with zero attached hydrogens (tertiary/aromatic N) is 3. The van der Waals surface area contributed by atoms with Gasteiger partial charge in [-0.3, -0.25) is 10.3 Å². The van der Waals surface area contributed by atoms with E-state index in [0.717, 1.165) is 0 Å². The van der Waals surface area contributed by atoms with Crippen LogP contribution in [0.15, 0.2) is 11.3 Å². The Morgan fingerprint density at radius 1 is 1.50 bits per heavy atom. The van der Waals surface area contributed by atoms with Crippen LogP contribution in [0.4, 0.5) is 5.82 Å². The largest absolute Gasteiger partial charge is 0.394 e. The molecule has 22 heavy (non-hydrogen) atoms. The lowest BCUT2D eigenvalue weighted by atomic mass is 10.0. The van der Waals surface area contributed by atoms with E-state index in [1.807, 2.05) is 0 Å². The average Bonchev–Trinajstić information content (AvgIpc) is 3.03. The van der Waals surface area contributed by atoms with Crippen LogP contribution in [-0.2, 0) is 10.4 Å². The summed E-state index contributed by atoms with van der Waals surface area (Å²) < 4.78 is 6.91. The number of hydrogen-bond donors (Lipinski definition) is 6. The summed E-state index contributed by atoms with van der Waals surface area (Å²) >= 11 is 0. The monoisotopic (exact) mass is 313 g/mol.